The fourth-order valence-corrected chi connectivity index (χ4v) is 2.43. The zero-order valence-corrected chi connectivity index (χ0v) is 12.3. The van der Waals surface area contributed by atoms with Crippen molar-refractivity contribution in [1.82, 2.24) is 5.32 Å². The van der Waals surface area contributed by atoms with Gasteiger partial charge in [0.05, 0.1) is 13.2 Å². The Morgan fingerprint density at radius 2 is 1.85 bits per heavy atom. The van der Waals surface area contributed by atoms with Crippen molar-refractivity contribution in [2.75, 3.05) is 14.2 Å². The predicted molar refractivity (Wildman–Crippen MR) is 79.8 cm³/mol. The third-order valence-electron chi connectivity index (χ3n) is 3.76. The molecule has 0 fully saturated rings. The van der Waals surface area contributed by atoms with Crippen molar-refractivity contribution in [2.45, 2.75) is 19.9 Å². The topological polar surface area (TPSA) is 21.3 Å². The van der Waals surface area contributed by atoms with Crippen LogP contribution >= 0.6 is 0 Å². The van der Waals surface area contributed by atoms with Gasteiger partial charge in [-0.15, -0.1) is 0 Å². The molecule has 1 unspecified atom stereocenters. The van der Waals surface area contributed by atoms with Gasteiger partial charge in [-0.25, -0.2) is 4.39 Å². The summed E-state index contributed by atoms with van der Waals surface area (Å²) in [6.45, 7) is 4.13. The Balaban J connectivity index is 2.50. The Kier molecular flexibility index (Phi) is 4.40. The molecule has 0 aliphatic carbocycles. The Bertz CT molecular complexity index is 610. The third-order valence-corrected chi connectivity index (χ3v) is 3.76. The van der Waals surface area contributed by atoms with Gasteiger partial charge < -0.3 is 10.1 Å². The number of benzene rings is 2. The molecule has 0 saturated carbocycles. The fraction of sp³-hybridized carbons (Fsp3) is 0.294. The van der Waals surface area contributed by atoms with Crippen LogP contribution in [-0.4, -0.2) is 14.2 Å². The predicted octanol–water partition coefficient (Wildman–Crippen LogP) is 3.76. The van der Waals surface area contributed by atoms with Gasteiger partial charge in [-0.2, -0.15) is 0 Å². The molecule has 0 bridgehead atoms. The SMILES string of the molecule is CNC(c1ccc(OC)cc1F)c1cccc(C)c1C. The molecular weight excluding hydrogens is 253 g/mol. The van der Waals surface area contributed by atoms with Crippen molar-refractivity contribution in [3.8, 4) is 5.75 Å². The normalized spacial score (nSPS) is 12.2. The highest BCUT2D eigenvalue weighted by Gasteiger charge is 2.18. The van der Waals surface area contributed by atoms with Crippen LogP contribution in [0.5, 0.6) is 5.75 Å². The lowest BCUT2D eigenvalue weighted by Gasteiger charge is -2.21. The number of hydrogen-bond acceptors (Lipinski definition) is 2. The summed E-state index contributed by atoms with van der Waals surface area (Å²) in [6.07, 6.45) is 0. The molecule has 2 rings (SSSR count). The quantitative estimate of drug-likeness (QED) is 0.915. The average molecular weight is 273 g/mol. The zero-order valence-electron chi connectivity index (χ0n) is 12.3. The Morgan fingerprint density at radius 1 is 1.10 bits per heavy atom. The van der Waals surface area contributed by atoms with Crippen LogP contribution in [0.3, 0.4) is 0 Å². The second kappa shape index (κ2) is 6.06. The lowest BCUT2D eigenvalue weighted by molar-refractivity contribution is 0.410. The monoisotopic (exact) mass is 273 g/mol. The highest BCUT2D eigenvalue weighted by molar-refractivity contribution is 5.42. The van der Waals surface area contributed by atoms with E-state index in [0.717, 1.165) is 5.56 Å². The van der Waals surface area contributed by atoms with Crippen molar-refractivity contribution < 1.29 is 9.13 Å². The first-order valence-corrected chi connectivity index (χ1v) is 6.65. The summed E-state index contributed by atoms with van der Waals surface area (Å²) in [5, 5.41) is 3.20. The molecule has 106 valence electrons. The molecule has 0 heterocycles. The number of hydrogen-bond donors (Lipinski definition) is 1. The largest absolute Gasteiger partial charge is 0.497 e. The lowest BCUT2D eigenvalue weighted by atomic mass is 9.92. The van der Waals surface area contributed by atoms with Gasteiger partial charge in [0.15, 0.2) is 0 Å². The van der Waals surface area contributed by atoms with Crippen molar-refractivity contribution in [3.63, 3.8) is 0 Å². The molecule has 20 heavy (non-hydrogen) atoms. The van der Waals surface area contributed by atoms with Gasteiger partial charge in [0.25, 0.3) is 0 Å². The van der Waals surface area contributed by atoms with E-state index in [9.17, 15) is 4.39 Å². The highest BCUT2D eigenvalue weighted by Crippen LogP contribution is 2.29. The molecule has 0 aromatic heterocycles. The van der Waals surface area contributed by atoms with E-state index < -0.39 is 0 Å². The van der Waals surface area contributed by atoms with Gasteiger partial charge in [0, 0.05) is 11.6 Å². The second-order valence-electron chi connectivity index (χ2n) is 4.90. The molecule has 0 spiro atoms. The maximum atomic E-state index is 14.3. The van der Waals surface area contributed by atoms with Gasteiger partial charge in [-0.3, -0.25) is 0 Å². The smallest absolute Gasteiger partial charge is 0.132 e. The first-order valence-electron chi connectivity index (χ1n) is 6.65. The van der Waals surface area contributed by atoms with Crippen LogP contribution < -0.4 is 10.1 Å². The van der Waals surface area contributed by atoms with Crippen LogP contribution in [-0.2, 0) is 0 Å². The van der Waals surface area contributed by atoms with Crippen molar-refractivity contribution >= 4 is 0 Å². The van der Waals surface area contributed by atoms with Gasteiger partial charge in [0.1, 0.15) is 11.6 Å². The van der Waals surface area contributed by atoms with Crippen LogP contribution in [0.1, 0.15) is 28.3 Å². The van der Waals surface area contributed by atoms with Gasteiger partial charge in [-0.1, -0.05) is 24.3 Å². The molecule has 0 amide bonds. The molecule has 0 radical (unpaired) electrons. The minimum Gasteiger partial charge on any atom is -0.497 e. The number of methoxy groups -OCH3 is 1. The average Bonchev–Trinajstić information content (AvgIpc) is 2.45. The summed E-state index contributed by atoms with van der Waals surface area (Å²) >= 11 is 0. The molecular formula is C17H20FNO. The van der Waals surface area contributed by atoms with E-state index in [1.165, 1.54) is 24.3 Å². The molecule has 0 aliphatic rings. The maximum absolute atomic E-state index is 14.3. The van der Waals surface area contributed by atoms with E-state index >= 15 is 0 Å². The molecule has 1 atom stereocenters. The van der Waals surface area contributed by atoms with E-state index in [0.29, 0.717) is 11.3 Å². The van der Waals surface area contributed by atoms with Crippen LogP contribution in [0, 0.1) is 19.7 Å². The molecule has 2 nitrogen and oxygen atoms in total. The van der Waals surface area contributed by atoms with Crippen LogP contribution in [0.15, 0.2) is 36.4 Å². The van der Waals surface area contributed by atoms with Gasteiger partial charge in [0.2, 0.25) is 0 Å². The first kappa shape index (κ1) is 14.5. The lowest BCUT2D eigenvalue weighted by Crippen LogP contribution is -2.20. The van der Waals surface area contributed by atoms with E-state index in [2.05, 4.69) is 25.2 Å². The number of rotatable bonds is 4. The Labute approximate surface area is 119 Å². The number of nitrogens with one attached hydrogen (secondary N) is 1. The highest BCUT2D eigenvalue weighted by atomic mass is 19.1. The Morgan fingerprint density at radius 3 is 2.45 bits per heavy atom. The fourth-order valence-electron chi connectivity index (χ4n) is 2.43. The third kappa shape index (κ3) is 2.68. The summed E-state index contributed by atoms with van der Waals surface area (Å²) in [4.78, 5) is 0. The summed E-state index contributed by atoms with van der Waals surface area (Å²) < 4.78 is 19.3. The Hall–Kier alpha value is -1.87. The summed E-state index contributed by atoms with van der Waals surface area (Å²) in [5.41, 5.74) is 4.11. The van der Waals surface area contributed by atoms with Crippen LogP contribution in [0.4, 0.5) is 4.39 Å². The van der Waals surface area contributed by atoms with E-state index in [4.69, 9.17) is 4.74 Å². The number of halogens is 1. The molecule has 1 N–H and O–H groups in total. The molecule has 2 aromatic rings. The summed E-state index contributed by atoms with van der Waals surface area (Å²) in [6, 6.07) is 10.9. The van der Waals surface area contributed by atoms with E-state index in [1.54, 1.807) is 12.1 Å². The van der Waals surface area contributed by atoms with Gasteiger partial charge >= 0.3 is 0 Å². The van der Waals surface area contributed by atoms with Crippen molar-refractivity contribution in [3.05, 3.63) is 64.5 Å². The van der Waals surface area contributed by atoms with E-state index in [-0.39, 0.29) is 11.9 Å². The molecule has 3 heteroatoms. The number of aryl methyl sites for hydroxylation is 1. The second-order valence-corrected chi connectivity index (χ2v) is 4.90. The van der Waals surface area contributed by atoms with Crippen molar-refractivity contribution in [2.24, 2.45) is 0 Å². The minimum absolute atomic E-state index is 0.166. The first-order chi connectivity index (χ1) is 9.58. The minimum atomic E-state index is -0.260. The summed E-state index contributed by atoms with van der Waals surface area (Å²) in [7, 11) is 3.38. The number of ether oxygens (including phenoxy) is 1. The van der Waals surface area contributed by atoms with Gasteiger partial charge in [-0.05, 0) is 43.7 Å². The van der Waals surface area contributed by atoms with Crippen LogP contribution in [0.2, 0.25) is 0 Å². The summed E-state index contributed by atoms with van der Waals surface area (Å²) in [5.74, 6) is 0.270. The molecule has 2 aromatic carbocycles. The maximum Gasteiger partial charge on any atom is 0.132 e. The standard InChI is InChI=1S/C17H20FNO/c1-11-6-5-7-14(12(11)2)17(19-3)15-9-8-13(20-4)10-16(15)18/h5-10,17,19H,1-4H3. The zero-order chi connectivity index (χ0) is 14.7. The molecule has 0 aliphatic heterocycles. The van der Waals surface area contributed by atoms with E-state index in [1.807, 2.05) is 19.2 Å². The van der Waals surface area contributed by atoms with Crippen molar-refractivity contribution in [1.29, 1.82) is 0 Å². The van der Waals surface area contributed by atoms with Crippen LogP contribution in [0.25, 0.3) is 0 Å². The molecule has 0 saturated heterocycles.